The first-order valence-corrected chi connectivity index (χ1v) is 9.11. The Morgan fingerprint density at radius 1 is 1.32 bits per heavy atom. The molecule has 0 N–H and O–H groups in total. The molecule has 0 radical (unpaired) electrons. The Bertz CT molecular complexity index is 746. The van der Waals surface area contributed by atoms with Crippen LogP contribution in [0.4, 0.5) is 0 Å². The highest BCUT2D eigenvalue weighted by atomic mass is 35.5. The van der Waals surface area contributed by atoms with Crippen LogP contribution in [0.3, 0.4) is 0 Å². The van der Waals surface area contributed by atoms with Crippen LogP contribution >= 0.6 is 11.6 Å². The van der Waals surface area contributed by atoms with Crippen LogP contribution < -0.4 is 0 Å². The van der Waals surface area contributed by atoms with Crippen LogP contribution in [0.2, 0.25) is 5.02 Å². The first kappa shape index (κ1) is 16.5. The maximum absolute atomic E-state index is 12.5. The van der Waals surface area contributed by atoms with E-state index in [-0.39, 0.29) is 18.1 Å². The van der Waals surface area contributed by atoms with Crippen molar-refractivity contribution in [3.05, 3.63) is 46.7 Å². The van der Waals surface area contributed by atoms with Gasteiger partial charge in [0.25, 0.3) is 0 Å². The van der Waals surface area contributed by atoms with Gasteiger partial charge in [0.2, 0.25) is 5.91 Å². The summed E-state index contributed by atoms with van der Waals surface area (Å²) >= 11 is 5.90. The lowest BCUT2D eigenvalue weighted by molar-refractivity contribution is -0.139. The zero-order chi connectivity index (χ0) is 17.2. The Hall–Kier alpha value is -1.92. The van der Waals surface area contributed by atoms with Crippen molar-refractivity contribution in [2.24, 2.45) is 0 Å². The smallest absolute Gasteiger partial charge is 0.222 e. The average molecular weight is 361 g/mol. The van der Waals surface area contributed by atoms with Crippen LogP contribution in [0.5, 0.6) is 0 Å². The maximum atomic E-state index is 12.5. The molecule has 1 aromatic heterocycles. The summed E-state index contributed by atoms with van der Waals surface area (Å²) in [7, 11) is 0. The lowest BCUT2D eigenvalue weighted by Gasteiger charge is -2.41. The molecule has 0 bridgehead atoms. The summed E-state index contributed by atoms with van der Waals surface area (Å²) in [6.45, 7) is 1.92. The van der Waals surface area contributed by atoms with Crippen LogP contribution in [0.1, 0.15) is 36.6 Å². The third kappa shape index (κ3) is 3.55. The number of likely N-dealkylation sites (tertiary alicyclic amines) is 1. The first-order valence-electron chi connectivity index (χ1n) is 8.73. The number of carbonyl (C=O) groups excluding carboxylic acids is 1. The molecule has 0 spiro atoms. The van der Waals surface area contributed by atoms with E-state index in [4.69, 9.17) is 16.3 Å². The van der Waals surface area contributed by atoms with Crippen LogP contribution in [0.25, 0.3) is 0 Å². The molecule has 132 valence electrons. The highest BCUT2D eigenvalue weighted by Gasteiger charge is 2.37. The van der Waals surface area contributed by atoms with E-state index < -0.39 is 0 Å². The second-order valence-corrected chi connectivity index (χ2v) is 7.13. The second kappa shape index (κ2) is 7.14. The third-order valence-corrected chi connectivity index (χ3v) is 5.31. The summed E-state index contributed by atoms with van der Waals surface area (Å²) in [6, 6.07) is 8.02. The molecule has 4 rings (SSSR count). The fourth-order valence-corrected chi connectivity index (χ4v) is 3.79. The van der Waals surface area contributed by atoms with Crippen LogP contribution in [-0.4, -0.2) is 45.0 Å². The Kier molecular flexibility index (Phi) is 4.72. The molecule has 2 atom stereocenters. The molecule has 25 heavy (non-hydrogen) atoms. The van der Waals surface area contributed by atoms with Gasteiger partial charge in [0.05, 0.1) is 30.6 Å². The number of aryl methyl sites for hydroxylation is 1. The molecule has 1 aromatic carbocycles. The molecule has 6 nitrogen and oxygen atoms in total. The normalized spacial score (nSPS) is 22.4. The Morgan fingerprint density at radius 2 is 2.16 bits per heavy atom. The summed E-state index contributed by atoms with van der Waals surface area (Å²) in [6.07, 6.45) is 4.94. The van der Waals surface area contributed by atoms with Crippen molar-refractivity contribution in [2.45, 2.75) is 44.4 Å². The monoisotopic (exact) mass is 360 g/mol. The lowest BCUT2D eigenvalue weighted by Crippen LogP contribution is -2.50. The molecule has 0 unspecified atom stereocenters. The summed E-state index contributed by atoms with van der Waals surface area (Å²) in [5.41, 5.74) is 2.23. The average Bonchev–Trinajstić information content (AvgIpc) is 3.12. The van der Waals surface area contributed by atoms with E-state index in [9.17, 15) is 4.79 Å². The fourth-order valence-electron chi connectivity index (χ4n) is 3.67. The van der Waals surface area contributed by atoms with Crippen LogP contribution in [0.15, 0.2) is 30.5 Å². The van der Waals surface area contributed by atoms with E-state index in [2.05, 4.69) is 10.3 Å². The minimum atomic E-state index is 0.0168. The number of ether oxygens (including phenoxy) is 1. The summed E-state index contributed by atoms with van der Waals surface area (Å²) in [5, 5.41) is 8.88. The number of fused-ring (bicyclic) bond motifs is 3. The van der Waals surface area contributed by atoms with E-state index in [1.165, 1.54) is 5.56 Å². The van der Waals surface area contributed by atoms with Crippen molar-refractivity contribution in [1.29, 1.82) is 0 Å². The quantitative estimate of drug-likeness (QED) is 0.841. The van der Waals surface area contributed by atoms with E-state index >= 15 is 0 Å². The number of carbonyl (C=O) groups is 1. The van der Waals surface area contributed by atoms with Crippen molar-refractivity contribution in [3.8, 4) is 0 Å². The number of piperidine rings is 1. The SMILES string of the molecule is O=C(CCCc1ccc(Cl)cc1)N1CC[C@H]2[C@H](C1)OCc1cnnn12. The predicted molar refractivity (Wildman–Crippen MR) is 93.2 cm³/mol. The van der Waals surface area contributed by atoms with Crippen molar-refractivity contribution >= 4 is 17.5 Å². The van der Waals surface area contributed by atoms with Gasteiger partial charge in [-0.1, -0.05) is 28.9 Å². The van der Waals surface area contributed by atoms with Gasteiger partial charge in [-0.25, -0.2) is 4.68 Å². The Morgan fingerprint density at radius 3 is 3.00 bits per heavy atom. The van der Waals surface area contributed by atoms with Gasteiger partial charge in [-0.05, 0) is 37.0 Å². The first-order chi connectivity index (χ1) is 12.2. The number of halogens is 1. The number of nitrogens with zero attached hydrogens (tertiary/aromatic N) is 4. The molecule has 7 heteroatoms. The van der Waals surface area contributed by atoms with Gasteiger partial charge in [-0.3, -0.25) is 4.79 Å². The van der Waals surface area contributed by atoms with Gasteiger partial charge in [0.15, 0.2) is 0 Å². The highest BCUT2D eigenvalue weighted by molar-refractivity contribution is 6.30. The molecular weight excluding hydrogens is 340 g/mol. The Balaban J connectivity index is 1.28. The third-order valence-electron chi connectivity index (χ3n) is 5.05. The van der Waals surface area contributed by atoms with Gasteiger partial charge in [-0.2, -0.15) is 0 Å². The highest BCUT2D eigenvalue weighted by Crippen LogP contribution is 2.30. The van der Waals surface area contributed by atoms with E-state index in [1.807, 2.05) is 33.8 Å². The summed E-state index contributed by atoms with van der Waals surface area (Å²) in [4.78, 5) is 14.5. The fraction of sp³-hybridized carbons (Fsp3) is 0.500. The molecule has 1 saturated heterocycles. The number of hydrogen-bond donors (Lipinski definition) is 0. The zero-order valence-corrected chi connectivity index (χ0v) is 14.7. The number of amides is 1. The predicted octanol–water partition coefficient (Wildman–Crippen LogP) is 2.63. The van der Waals surface area contributed by atoms with Crippen molar-refractivity contribution < 1.29 is 9.53 Å². The van der Waals surface area contributed by atoms with Gasteiger partial charge in [0, 0.05) is 24.5 Å². The summed E-state index contributed by atoms with van der Waals surface area (Å²) < 4.78 is 7.89. The number of aromatic nitrogens is 3. The molecule has 1 amide bonds. The molecule has 3 heterocycles. The topological polar surface area (TPSA) is 60.3 Å². The standard InChI is InChI=1S/C18H21ClN4O2/c19-14-6-4-13(5-7-14)2-1-3-18(24)22-9-8-16-17(11-22)25-12-15-10-20-21-23(15)16/h4-7,10,16-17H,1-3,8-9,11-12H2/t16-,17-/m0/s1. The van der Waals surface area contributed by atoms with E-state index in [0.29, 0.717) is 19.6 Å². The molecule has 0 saturated carbocycles. The summed E-state index contributed by atoms with van der Waals surface area (Å²) in [5.74, 6) is 0.209. The van der Waals surface area contributed by atoms with Crippen molar-refractivity contribution in [2.75, 3.05) is 13.1 Å². The van der Waals surface area contributed by atoms with Crippen molar-refractivity contribution in [1.82, 2.24) is 19.9 Å². The number of rotatable bonds is 4. The second-order valence-electron chi connectivity index (χ2n) is 6.70. The number of hydrogen-bond acceptors (Lipinski definition) is 4. The minimum absolute atomic E-state index is 0.0168. The van der Waals surface area contributed by atoms with E-state index in [1.54, 1.807) is 6.20 Å². The molecule has 2 aliphatic rings. The molecule has 2 aliphatic heterocycles. The van der Waals surface area contributed by atoms with Gasteiger partial charge in [-0.15, -0.1) is 5.10 Å². The van der Waals surface area contributed by atoms with E-state index in [0.717, 1.165) is 36.5 Å². The lowest BCUT2D eigenvalue weighted by atomic mass is 9.99. The van der Waals surface area contributed by atoms with Gasteiger partial charge in [0.1, 0.15) is 0 Å². The molecule has 2 aromatic rings. The largest absolute Gasteiger partial charge is 0.368 e. The van der Waals surface area contributed by atoms with Gasteiger partial charge < -0.3 is 9.64 Å². The molecule has 0 aliphatic carbocycles. The van der Waals surface area contributed by atoms with Crippen LogP contribution in [-0.2, 0) is 22.6 Å². The maximum Gasteiger partial charge on any atom is 0.222 e. The van der Waals surface area contributed by atoms with Gasteiger partial charge >= 0.3 is 0 Å². The molecule has 1 fully saturated rings. The minimum Gasteiger partial charge on any atom is -0.368 e. The van der Waals surface area contributed by atoms with Crippen molar-refractivity contribution in [3.63, 3.8) is 0 Å². The number of benzene rings is 1. The Labute approximate surface area is 151 Å². The zero-order valence-electron chi connectivity index (χ0n) is 14.0. The molecular formula is C18H21ClN4O2. The van der Waals surface area contributed by atoms with Crippen LogP contribution in [0, 0.1) is 0 Å².